The molecule has 0 spiro atoms. The summed E-state index contributed by atoms with van der Waals surface area (Å²) in [6.45, 7) is 4.13. The molecule has 19 heavy (non-hydrogen) atoms. The summed E-state index contributed by atoms with van der Waals surface area (Å²) in [5.41, 5.74) is 12.3. The van der Waals surface area contributed by atoms with Crippen LogP contribution in [0.3, 0.4) is 0 Å². The van der Waals surface area contributed by atoms with E-state index >= 15 is 0 Å². The lowest BCUT2D eigenvalue weighted by Gasteiger charge is -2.06. The summed E-state index contributed by atoms with van der Waals surface area (Å²) in [6, 6.07) is 12.3. The molecule has 0 fully saturated rings. The fourth-order valence-electron chi connectivity index (χ4n) is 2.54. The summed E-state index contributed by atoms with van der Waals surface area (Å²) >= 11 is 0. The Labute approximate surface area is 112 Å². The molecule has 0 unspecified atom stereocenters. The van der Waals surface area contributed by atoms with Crippen LogP contribution < -0.4 is 5.73 Å². The summed E-state index contributed by atoms with van der Waals surface area (Å²) in [6.07, 6.45) is 0. The number of aryl methyl sites for hydroxylation is 3. The standard InChI is InChI=1S/C16H17N3/c1-10-5-4-6-14-15(10)19(3)16(18-14)12-7-8-13(17)11(2)9-12/h4-9H,17H2,1-3H3. The highest BCUT2D eigenvalue weighted by molar-refractivity contribution is 5.83. The van der Waals surface area contributed by atoms with Gasteiger partial charge in [0, 0.05) is 18.3 Å². The predicted molar refractivity (Wildman–Crippen MR) is 80.0 cm³/mol. The normalized spacial score (nSPS) is 11.1. The molecule has 0 aliphatic carbocycles. The van der Waals surface area contributed by atoms with Crippen molar-refractivity contribution >= 4 is 16.7 Å². The van der Waals surface area contributed by atoms with Gasteiger partial charge in [0.25, 0.3) is 0 Å². The molecule has 3 heteroatoms. The number of hydrogen-bond acceptors (Lipinski definition) is 2. The summed E-state index contributed by atoms with van der Waals surface area (Å²) in [5, 5.41) is 0. The Bertz CT molecular complexity index is 769. The van der Waals surface area contributed by atoms with E-state index in [-0.39, 0.29) is 0 Å². The first-order valence-electron chi connectivity index (χ1n) is 6.36. The van der Waals surface area contributed by atoms with Crippen molar-refractivity contribution in [2.45, 2.75) is 13.8 Å². The molecule has 0 aliphatic heterocycles. The average Bonchev–Trinajstić information content (AvgIpc) is 2.72. The molecule has 2 aromatic carbocycles. The van der Waals surface area contributed by atoms with Crippen molar-refractivity contribution < 1.29 is 0 Å². The predicted octanol–water partition coefficient (Wildman–Crippen LogP) is 3.44. The Kier molecular flexibility index (Phi) is 2.56. The fourth-order valence-corrected chi connectivity index (χ4v) is 2.54. The summed E-state index contributed by atoms with van der Waals surface area (Å²) in [5.74, 6) is 0.979. The third kappa shape index (κ3) is 1.78. The molecular formula is C16H17N3. The highest BCUT2D eigenvalue weighted by Gasteiger charge is 2.11. The van der Waals surface area contributed by atoms with E-state index in [0.717, 1.165) is 28.2 Å². The largest absolute Gasteiger partial charge is 0.399 e. The van der Waals surface area contributed by atoms with Gasteiger partial charge in [0.1, 0.15) is 5.82 Å². The maximum Gasteiger partial charge on any atom is 0.140 e. The third-order valence-corrected chi connectivity index (χ3v) is 3.62. The van der Waals surface area contributed by atoms with Crippen LogP contribution in [0.15, 0.2) is 36.4 Å². The van der Waals surface area contributed by atoms with Crippen molar-refractivity contribution in [3.8, 4) is 11.4 Å². The molecule has 3 rings (SSSR count). The van der Waals surface area contributed by atoms with E-state index < -0.39 is 0 Å². The van der Waals surface area contributed by atoms with E-state index in [0.29, 0.717) is 0 Å². The third-order valence-electron chi connectivity index (χ3n) is 3.62. The minimum absolute atomic E-state index is 0.818. The van der Waals surface area contributed by atoms with Crippen LogP contribution in [0.25, 0.3) is 22.4 Å². The van der Waals surface area contributed by atoms with E-state index in [1.165, 1.54) is 11.1 Å². The molecule has 1 aromatic heterocycles. The molecule has 0 saturated heterocycles. The zero-order valence-electron chi connectivity index (χ0n) is 11.4. The number of benzene rings is 2. The second-order valence-electron chi connectivity index (χ2n) is 5.01. The van der Waals surface area contributed by atoms with Crippen LogP contribution in [0.1, 0.15) is 11.1 Å². The molecule has 0 aliphatic rings. The van der Waals surface area contributed by atoms with Crippen LogP contribution in [0.2, 0.25) is 0 Å². The SMILES string of the molecule is Cc1cc(-c2nc3cccc(C)c3n2C)ccc1N. The molecule has 0 amide bonds. The fraction of sp³-hybridized carbons (Fsp3) is 0.188. The second kappa shape index (κ2) is 4.12. The highest BCUT2D eigenvalue weighted by atomic mass is 15.1. The van der Waals surface area contributed by atoms with E-state index in [1.807, 2.05) is 25.1 Å². The maximum absolute atomic E-state index is 5.88. The number of rotatable bonds is 1. The first-order chi connectivity index (χ1) is 9.08. The van der Waals surface area contributed by atoms with Gasteiger partial charge >= 0.3 is 0 Å². The Hall–Kier alpha value is -2.29. The molecule has 1 heterocycles. The number of anilines is 1. The van der Waals surface area contributed by atoms with Gasteiger partial charge < -0.3 is 10.3 Å². The van der Waals surface area contributed by atoms with Crippen molar-refractivity contribution in [2.24, 2.45) is 7.05 Å². The van der Waals surface area contributed by atoms with Gasteiger partial charge in [-0.15, -0.1) is 0 Å². The molecule has 3 aromatic rings. The summed E-state index contributed by atoms with van der Waals surface area (Å²) < 4.78 is 2.15. The highest BCUT2D eigenvalue weighted by Crippen LogP contribution is 2.27. The van der Waals surface area contributed by atoms with Crippen LogP contribution in [0.5, 0.6) is 0 Å². The van der Waals surface area contributed by atoms with E-state index in [2.05, 4.69) is 36.7 Å². The Morgan fingerprint density at radius 3 is 2.53 bits per heavy atom. The smallest absolute Gasteiger partial charge is 0.140 e. The Morgan fingerprint density at radius 2 is 1.84 bits per heavy atom. The monoisotopic (exact) mass is 251 g/mol. The van der Waals surface area contributed by atoms with Crippen molar-refractivity contribution in [3.63, 3.8) is 0 Å². The quantitative estimate of drug-likeness (QED) is 0.673. The minimum atomic E-state index is 0.818. The molecular weight excluding hydrogens is 234 g/mol. The lowest BCUT2D eigenvalue weighted by molar-refractivity contribution is 0.955. The van der Waals surface area contributed by atoms with Gasteiger partial charge in [0.2, 0.25) is 0 Å². The molecule has 0 radical (unpaired) electrons. The van der Waals surface area contributed by atoms with Gasteiger partial charge in [0.15, 0.2) is 0 Å². The number of hydrogen-bond donors (Lipinski definition) is 1. The van der Waals surface area contributed by atoms with Crippen LogP contribution >= 0.6 is 0 Å². The first kappa shape index (κ1) is 11.8. The first-order valence-corrected chi connectivity index (χ1v) is 6.36. The zero-order valence-corrected chi connectivity index (χ0v) is 11.4. The van der Waals surface area contributed by atoms with Gasteiger partial charge in [-0.25, -0.2) is 4.98 Å². The maximum atomic E-state index is 5.88. The Balaban J connectivity index is 2.28. The van der Waals surface area contributed by atoms with Crippen LogP contribution in [0, 0.1) is 13.8 Å². The lowest BCUT2D eigenvalue weighted by atomic mass is 10.1. The van der Waals surface area contributed by atoms with E-state index in [4.69, 9.17) is 10.7 Å². The van der Waals surface area contributed by atoms with E-state index in [9.17, 15) is 0 Å². The summed E-state index contributed by atoms with van der Waals surface area (Å²) in [7, 11) is 2.06. The number of fused-ring (bicyclic) bond motifs is 1. The van der Waals surface area contributed by atoms with Gasteiger partial charge in [-0.3, -0.25) is 0 Å². The van der Waals surface area contributed by atoms with Crippen LogP contribution in [0.4, 0.5) is 5.69 Å². The minimum Gasteiger partial charge on any atom is -0.399 e. The summed E-state index contributed by atoms with van der Waals surface area (Å²) in [4.78, 5) is 4.74. The van der Waals surface area contributed by atoms with Crippen molar-refractivity contribution in [2.75, 3.05) is 5.73 Å². The Morgan fingerprint density at radius 1 is 1.05 bits per heavy atom. The number of nitrogens with zero attached hydrogens (tertiary/aromatic N) is 2. The average molecular weight is 251 g/mol. The number of para-hydroxylation sites is 1. The van der Waals surface area contributed by atoms with Crippen molar-refractivity contribution in [1.82, 2.24) is 9.55 Å². The molecule has 0 bridgehead atoms. The lowest BCUT2D eigenvalue weighted by Crippen LogP contribution is -1.95. The molecule has 3 nitrogen and oxygen atoms in total. The number of nitrogens with two attached hydrogens (primary N) is 1. The molecule has 0 saturated carbocycles. The van der Waals surface area contributed by atoms with Gasteiger partial charge in [0.05, 0.1) is 11.0 Å². The van der Waals surface area contributed by atoms with Gasteiger partial charge in [-0.2, -0.15) is 0 Å². The number of nitrogen functional groups attached to an aromatic ring is 1. The molecule has 0 atom stereocenters. The van der Waals surface area contributed by atoms with Crippen LogP contribution in [-0.4, -0.2) is 9.55 Å². The number of aromatic nitrogens is 2. The van der Waals surface area contributed by atoms with Crippen LogP contribution in [-0.2, 0) is 7.05 Å². The van der Waals surface area contributed by atoms with Gasteiger partial charge in [-0.1, -0.05) is 12.1 Å². The topological polar surface area (TPSA) is 43.8 Å². The zero-order chi connectivity index (χ0) is 13.6. The second-order valence-corrected chi connectivity index (χ2v) is 5.01. The number of imidazole rings is 1. The molecule has 2 N–H and O–H groups in total. The van der Waals surface area contributed by atoms with Gasteiger partial charge in [-0.05, 0) is 49.2 Å². The molecule has 96 valence electrons. The van der Waals surface area contributed by atoms with Crippen molar-refractivity contribution in [3.05, 3.63) is 47.5 Å². The van der Waals surface area contributed by atoms with Crippen molar-refractivity contribution in [1.29, 1.82) is 0 Å². The van der Waals surface area contributed by atoms with E-state index in [1.54, 1.807) is 0 Å².